The standard InChI is InChI=1S/C12H14FN/c1-3-7-10(2)12(14-13)11-8-5-4-6-9-11/h3-9,14H,1-2H3/b7-3-,12-10-. The van der Waals surface area contributed by atoms with Gasteiger partial charge in [-0.3, -0.25) is 0 Å². The van der Waals surface area contributed by atoms with E-state index < -0.39 is 0 Å². The minimum Gasteiger partial charge on any atom is -0.224 e. The third-order valence-corrected chi connectivity index (χ3v) is 1.97. The van der Waals surface area contributed by atoms with Gasteiger partial charge in [0, 0.05) is 5.56 Å². The number of hydrogen-bond acceptors (Lipinski definition) is 1. The Bertz CT molecular complexity index is 339. The highest BCUT2D eigenvalue weighted by molar-refractivity contribution is 5.67. The van der Waals surface area contributed by atoms with Crippen LogP contribution in [-0.4, -0.2) is 0 Å². The fourth-order valence-corrected chi connectivity index (χ4v) is 1.29. The summed E-state index contributed by atoms with van der Waals surface area (Å²) in [6.07, 6.45) is 3.75. The lowest BCUT2D eigenvalue weighted by atomic mass is 10.1. The smallest absolute Gasteiger partial charge is 0.0756 e. The molecule has 1 rings (SSSR count). The lowest BCUT2D eigenvalue weighted by Crippen LogP contribution is -2.01. The van der Waals surface area contributed by atoms with Crippen LogP contribution in [0.5, 0.6) is 0 Å². The van der Waals surface area contributed by atoms with Crippen molar-refractivity contribution in [3.05, 3.63) is 53.6 Å². The molecule has 1 aromatic rings. The molecule has 0 aromatic heterocycles. The number of benzene rings is 1. The SMILES string of the molecule is C/C=C\C(C)=C(/NF)c1ccccc1. The molecule has 0 aliphatic heterocycles. The summed E-state index contributed by atoms with van der Waals surface area (Å²) in [4.78, 5) is 0. The summed E-state index contributed by atoms with van der Waals surface area (Å²) in [6, 6.07) is 9.42. The number of rotatable bonds is 3. The van der Waals surface area contributed by atoms with Gasteiger partial charge in [-0.05, 0) is 19.4 Å². The van der Waals surface area contributed by atoms with Crippen LogP contribution in [0.1, 0.15) is 19.4 Å². The maximum Gasteiger partial charge on any atom is 0.0756 e. The number of nitrogens with one attached hydrogen (secondary N) is 1. The topological polar surface area (TPSA) is 12.0 Å². The van der Waals surface area contributed by atoms with Gasteiger partial charge in [-0.2, -0.15) is 0 Å². The van der Waals surface area contributed by atoms with E-state index in [0.29, 0.717) is 5.70 Å². The summed E-state index contributed by atoms with van der Waals surface area (Å²) in [5.41, 5.74) is 3.98. The molecule has 0 spiro atoms. The Morgan fingerprint density at radius 2 is 1.93 bits per heavy atom. The summed E-state index contributed by atoms with van der Waals surface area (Å²) >= 11 is 0. The Labute approximate surface area is 83.9 Å². The van der Waals surface area contributed by atoms with E-state index in [2.05, 4.69) is 0 Å². The molecule has 74 valence electrons. The van der Waals surface area contributed by atoms with Gasteiger partial charge in [0.15, 0.2) is 0 Å². The lowest BCUT2D eigenvalue weighted by molar-refractivity contribution is 0.419. The minimum absolute atomic E-state index is 0.517. The van der Waals surface area contributed by atoms with Gasteiger partial charge in [-0.25, -0.2) is 5.54 Å². The van der Waals surface area contributed by atoms with Crippen LogP contribution in [0.3, 0.4) is 0 Å². The Hall–Kier alpha value is -1.57. The van der Waals surface area contributed by atoms with Gasteiger partial charge in [0.25, 0.3) is 0 Å². The maximum atomic E-state index is 12.6. The van der Waals surface area contributed by atoms with Gasteiger partial charge in [0.1, 0.15) is 0 Å². The largest absolute Gasteiger partial charge is 0.224 e. The third kappa shape index (κ3) is 2.46. The van der Waals surface area contributed by atoms with E-state index in [0.717, 1.165) is 11.1 Å². The highest BCUT2D eigenvalue weighted by Gasteiger charge is 2.02. The molecule has 0 amide bonds. The minimum atomic E-state index is 0.517. The molecular formula is C12H14FN. The molecule has 0 fully saturated rings. The second-order valence-electron chi connectivity index (χ2n) is 3.02. The normalized spacial score (nSPS) is 12.8. The first-order chi connectivity index (χ1) is 6.79. The fraction of sp³-hybridized carbons (Fsp3) is 0.167. The summed E-state index contributed by atoms with van der Waals surface area (Å²) in [7, 11) is 0. The summed E-state index contributed by atoms with van der Waals surface area (Å²) < 4.78 is 12.6. The fourth-order valence-electron chi connectivity index (χ4n) is 1.29. The predicted octanol–water partition coefficient (Wildman–Crippen LogP) is 3.47. The summed E-state index contributed by atoms with van der Waals surface area (Å²) in [5, 5.41) is 0. The lowest BCUT2D eigenvalue weighted by Gasteiger charge is -2.06. The molecule has 0 unspecified atom stereocenters. The van der Waals surface area contributed by atoms with Gasteiger partial charge in [0.2, 0.25) is 0 Å². The molecule has 0 bridgehead atoms. The van der Waals surface area contributed by atoms with Crippen molar-refractivity contribution in [1.29, 1.82) is 0 Å². The number of allylic oxidation sites excluding steroid dienone is 3. The quantitative estimate of drug-likeness (QED) is 0.569. The molecule has 0 aliphatic carbocycles. The summed E-state index contributed by atoms with van der Waals surface area (Å²) in [6.45, 7) is 3.78. The van der Waals surface area contributed by atoms with Crippen LogP contribution < -0.4 is 5.54 Å². The Kier molecular flexibility index (Phi) is 3.92. The molecule has 0 aliphatic rings. The van der Waals surface area contributed by atoms with Crippen LogP contribution in [0.4, 0.5) is 4.48 Å². The Balaban J connectivity index is 3.10. The number of hydrogen-bond donors (Lipinski definition) is 1. The molecule has 0 saturated carbocycles. The van der Waals surface area contributed by atoms with Gasteiger partial charge in [-0.1, -0.05) is 42.5 Å². The molecule has 0 radical (unpaired) electrons. The van der Waals surface area contributed by atoms with Gasteiger partial charge in [-0.15, -0.1) is 4.48 Å². The van der Waals surface area contributed by atoms with Crippen LogP contribution in [0.15, 0.2) is 48.1 Å². The Morgan fingerprint density at radius 3 is 2.43 bits per heavy atom. The third-order valence-electron chi connectivity index (χ3n) is 1.97. The van der Waals surface area contributed by atoms with E-state index >= 15 is 0 Å². The van der Waals surface area contributed by atoms with Crippen LogP contribution in [0.25, 0.3) is 5.70 Å². The monoisotopic (exact) mass is 191 g/mol. The van der Waals surface area contributed by atoms with E-state index in [9.17, 15) is 4.48 Å². The summed E-state index contributed by atoms with van der Waals surface area (Å²) in [5.74, 6) is 0. The average molecular weight is 191 g/mol. The van der Waals surface area contributed by atoms with Crippen molar-refractivity contribution in [2.24, 2.45) is 0 Å². The van der Waals surface area contributed by atoms with E-state index in [-0.39, 0.29) is 0 Å². The molecule has 14 heavy (non-hydrogen) atoms. The molecule has 0 saturated heterocycles. The molecule has 2 heteroatoms. The van der Waals surface area contributed by atoms with E-state index in [1.807, 2.05) is 56.3 Å². The van der Waals surface area contributed by atoms with E-state index in [4.69, 9.17) is 0 Å². The zero-order valence-electron chi connectivity index (χ0n) is 8.42. The van der Waals surface area contributed by atoms with E-state index in [1.54, 1.807) is 5.54 Å². The van der Waals surface area contributed by atoms with Crippen molar-refractivity contribution in [3.8, 4) is 0 Å². The highest BCUT2D eigenvalue weighted by atomic mass is 19.2. The molecule has 0 heterocycles. The second kappa shape index (κ2) is 5.22. The molecule has 1 aromatic carbocycles. The van der Waals surface area contributed by atoms with Crippen molar-refractivity contribution in [3.63, 3.8) is 0 Å². The molecule has 1 N–H and O–H groups in total. The van der Waals surface area contributed by atoms with Crippen molar-refractivity contribution >= 4 is 5.70 Å². The van der Waals surface area contributed by atoms with Crippen molar-refractivity contribution in [2.45, 2.75) is 13.8 Å². The number of halogens is 1. The zero-order chi connectivity index (χ0) is 10.4. The zero-order valence-corrected chi connectivity index (χ0v) is 8.42. The van der Waals surface area contributed by atoms with Crippen LogP contribution in [0.2, 0.25) is 0 Å². The van der Waals surface area contributed by atoms with Gasteiger partial charge >= 0.3 is 0 Å². The molecular weight excluding hydrogens is 177 g/mol. The van der Waals surface area contributed by atoms with Gasteiger partial charge < -0.3 is 0 Å². The first-order valence-corrected chi connectivity index (χ1v) is 4.55. The first-order valence-electron chi connectivity index (χ1n) is 4.55. The van der Waals surface area contributed by atoms with Crippen molar-refractivity contribution in [2.75, 3.05) is 0 Å². The van der Waals surface area contributed by atoms with E-state index in [1.165, 1.54) is 0 Å². The molecule has 0 atom stereocenters. The Morgan fingerprint density at radius 1 is 1.29 bits per heavy atom. The second-order valence-corrected chi connectivity index (χ2v) is 3.02. The molecule has 1 nitrogen and oxygen atoms in total. The van der Waals surface area contributed by atoms with Gasteiger partial charge in [0.05, 0.1) is 5.70 Å². The predicted molar refractivity (Wildman–Crippen MR) is 58.1 cm³/mol. The van der Waals surface area contributed by atoms with Crippen LogP contribution in [0, 0.1) is 0 Å². The van der Waals surface area contributed by atoms with Crippen molar-refractivity contribution < 1.29 is 4.48 Å². The first kappa shape index (κ1) is 10.5. The van der Waals surface area contributed by atoms with Crippen molar-refractivity contribution in [1.82, 2.24) is 5.54 Å². The average Bonchev–Trinajstić information content (AvgIpc) is 2.21. The maximum absolute atomic E-state index is 12.6. The highest BCUT2D eigenvalue weighted by Crippen LogP contribution is 2.16. The van der Waals surface area contributed by atoms with Crippen LogP contribution >= 0.6 is 0 Å². The van der Waals surface area contributed by atoms with Crippen LogP contribution in [-0.2, 0) is 0 Å².